The first-order chi connectivity index (χ1) is 16.0. The number of aliphatic hydroxyl groups is 1. The number of hydrazone groups is 1. The lowest BCUT2D eigenvalue weighted by atomic mass is 9.81. The Morgan fingerprint density at radius 2 is 1.73 bits per heavy atom. The van der Waals surface area contributed by atoms with E-state index in [0.29, 0.717) is 0 Å². The number of fused-ring (bicyclic) bond motifs is 4. The van der Waals surface area contributed by atoms with E-state index in [1.807, 2.05) is 6.21 Å². The summed E-state index contributed by atoms with van der Waals surface area (Å²) in [5.74, 6) is 0. The first-order valence-electron chi connectivity index (χ1n) is 11.6. The van der Waals surface area contributed by atoms with Crippen molar-refractivity contribution in [3.63, 3.8) is 0 Å². The monoisotopic (exact) mass is 439 g/mol. The molecule has 0 spiro atoms. The quantitative estimate of drug-likeness (QED) is 0.260. The fourth-order valence-corrected chi connectivity index (χ4v) is 5.36. The zero-order chi connectivity index (χ0) is 23.2. The SMILES string of the molecule is CCn1c2ccccc2c2cc([N+](=CCO)N=CC3N(C)c4ccccc4C3(C)C)ccc21. The zero-order valence-electron chi connectivity index (χ0n) is 19.7. The molecule has 0 saturated carbocycles. The third-order valence-electron chi connectivity index (χ3n) is 7.06. The summed E-state index contributed by atoms with van der Waals surface area (Å²) in [6.07, 6.45) is 3.72. The third kappa shape index (κ3) is 3.35. The minimum absolute atomic E-state index is 0.0712. The number of aromatic nitrogens is 1. The van der Waals surface area contributed by atoms with E-state index in [2.05, 4.69) is 104 Å². The van der Waals surface area contributed by atoms with Crippen LogP contribution < -0.4 is 4.90 Å². The Bertz CT molecular complexity index is 1400. The smallest absolute Gasteiger partial charge is 0.238 e. The molecule has 1 aromatic heterocycles. The number of hydrogen-bond donors (Lipinski definition) is 1. The standard InChI is InChI=1S/C28H31N4O/c1-5-31-24-12-8-6-10-21(24)22-18-20(14-15-25(22)31)32(16-17-33)29-19-27-28(2,3)23-11-7-9-13-26(23)30(27)4/h6-16,18-19,27,33H,5,17H2,1-4H3/q+1. The summed E-state index contributed by atoms with van der Waals surface area (Å²) in [5.41, 5.74) is 5.88. The zero-order valence-corrected chi connectivity index (χ0v) is 19.7. The second-order valence-corrected chi connectivity index (χ2v) is 9.23. The number of aryl methyl sites for hydroxylation is 1. The fraction of sp³-hybridized carbons (Fsp3) is 0.286. The van der Waals surface area contributed by atoms with Gasteiger partial charge in [-0.25, -0.2) is 0 Å². The van der Waals surface area contributed by atoms with Crippen molar-refractivity contribution in [2.75, 3.05) is 18.6 Å². The predicted octanol–water partition coefficient (Wildman–Crippen LogP) is 5.30. The van der Waals surface area contributed by atoms with Crippen LogP contribution in [-0.4, -0.2) is 46.5 Å². The summed E-state index contributed by atoms with van der Waals surface area (Å²) in [7, 11) is 2.12. The molecule has 5 rings (SSSR count). The van der Waals surface area contributed by atoms with E-state index < -0.39 is 0 Å². The van der Waals surface area contributed by atoms with Crippen LogP contribution in [0.15, 0.2) is 71.8 Å². The van der Waals surface area contributed by atoms with Crippen LogP contribution in [0, 0.1) is 0 Å². The van der Waals surface area contributed by atoms with Gasteiger partial charge in [-0.05, 0) is 35.8 Å². The molecule has 1 atom stereocenters. The molecule has 0 bridgehead atoms. The first-order valence-corrected chi connectivity index (χ1v) is 11.6. The van der Waals surface area contributed by atoms with Gasteiger partial charge in [0.2, 0.25) is 11.9 Å². The molecule has 0 aliphatic carbocycles. The number of hydrogen-bond acceptors (Lipinski definition) is 3. The van der Waals surface area contributed by atoms with Crippen molar-refractivity contribution >= 4 is 45.6 Å². The van der Waals surface area contributed by atoms with Crippen LogP contribution in [0.2, 0.25) is 0 Å². The summed E-state index contributed by atoms with van der Waals surface area (Å²) in [4.78, 5) is 2.29. The van der Waals surface area contributed by atoms with E-state index in [0.717, 1.165) is 12.2 Å². The molecule has 0 radical (unpaired) electrons. The summed E-state index contributed by atoms with van der Waals surface area (Å²) in [6.45, 7) is 7.53. The summed E-state index contributed by atoms with van der Waals surface area (Å²) in [5, 5.41) is 17.0. The first kappa shape index (κ1) is 21.4. The maximum absolute atomic E-state index is 9.73. The van der Waals surface area contributed by atoms with Gasteiger partial charge < -0.3 is 14.6 Å². The summed E-state index contributed by atoms with van der Waals surface area (Å²) in [6, 6.07) is 23.6. The van der Waals surface area contributed by atoms with Crippen molar-refractivity contribution in [2.24, 2.45) is 5.10 Å². The van der Waals surface area contributed by atoms with E-state index in [4.69, 9.17) is 5.10 Å². The lowest BCUT2D eigenvalue weighted by molar-refractivity contribution is -0.441. The van der Waals surface area contributed by atoms with Gasteiger partial charge in [-0.3, -0.25) is 0 Å². The highest BCUT2D eigenvalue weighted by atomic mass is 16.3. The van der Waals surface area contributed by atoms with Crippen molar-refractivity contribution in [3.8, 4) is 0 Å². The molecule has 1 aliphatic rings. The molecule has 1 N–H and O–H groups in total. The highest BCUT2D eigenvalue weighted by molar-refractivity contribution is 6.08. The van der Waals surface area contributed by atoms with Crippen molar-refractivity contribution in [1.82, 2.24) is 4.57 Å². The van der Waals surface area contributed by atoms with Crippen molar-refractivity contribution in [3.05, 3.63) is 72.3 Å². The van der Waals surface area contributed by atoms with Crippen LogP contribution >= 0.6 is 0 Å². The van der Waals surface area contributed by atoms with Crippen LogP contribution in [0.3, 0.4) is 0 Å². The molecule has 0 amide bonds. The second-order valence-electron chi connectivity index (χ2n) is 9.23. The average molecular weight is 440 g/mol. The Hall–Kier alpha value is -3.44. The molecular formula is C28H31N4O+. The van der Waals surface area contributed by atoms with Crippen molar-refractivity contribution in [1.29, 1.82) is 0 Å². The van der Waals surface area contributed by atoms with E-state index in [-0.39, 0.29) is 18.1 Å². The Morgan fingerprint density at radius 3 is 2.48 bits per heavy atom. The molecule has 3 aromatic carbocycles. The maximum atomic E-state index is 9.73. The van der Waals surface area contributed by atoms with Crippen LogP contribution in [0.1, 0.15) is 26.3 Å². The average Bonchev–Trinajstić information content (AvgIpc) is 3.25. The van der Waals surface area contributed by atoms with Crippen LogP contribution in [-0.2, 0) is 12.0 Å². The van der Waals surface area contributed by atoms with Gasteiger partial charge in [-0.15, -0.1) is 0 Å². The van der Waals surface area contributed by atoms with Crippen LogP contribution in [0.5, 0.6) is 0 Å². The Labute approximate surface area is 194 Å². The van der Waals surface area contributed by atoms with E-state index in [1.165, 1.54) is 33.1 Å². The molecule has 168 valence electrons. The molecule has 2 heterocycles. The van der Waals surface area contributed by atoms with Gasteiger partial charge in [0.1, 0.15) is 6.61 Å². The lowest BCUT2D eigenvalue weighted by Gasteiger charge is -2.28. The normalized spacial score (nSPS) is 18.0. The van der Waals surface area contributed by atoms with E-state index in [1.54, 1.807) is 10.9 Å². The minimum atomic E-state index is -0.0871. The van der Waals surface area contributed by atoms with Gasteiger partial charge in [0.05, 0.1) is 12.3 Å². The largest absolute Gasteiger partial charge is 0.386 e. The lowest BCUT2D eigenvalue weighted by Crippen LogP contribution is -2.40. The topological polar surface area (TPSA) is 43.8 Å². The van der Waals surface area contributed by atoms with Gasteiger partial charge in [0.25, 0.3) is 0 Å². The molecule has 1 unspecified atom stereocenters. The molecule has 4 aromatic rings. The Morgan fingerprint density at radius 1 is 1.00 bits per heavy atom. The summed E-state index contributed by atoms with van der Waals surface area (Å²) < 4.78 is 4.13. The van der Waals surface area contributed by atoms with E-state index in [9.17, 15) is 5.11 Å². The highest BCUT2D eigenvalue weighted by Gasteiger charge is 2.42. The van der Waals surface area contributed by atoms with Gasteiger partial charge >= 0.3 is 0 Å². The Balaban J connectivity index is 1.56. The van der Waals surface area contributed by atoms with E-state index >= 15 is 0 Å². The summed E-state index contributed by atoms with van der Waals surface area (Å²) >= 11 is 0. The molecule has 5 nitrogen and oxygen atoms in total. The molecule has 0 fully saturated rings. The number of benzene rings is 3. The number of anilines is 1. The number of rotatable bonds is 5. The number of para-hydroxylation sites is 2. The molecule has 0 saturated heterocycles. The second kappa shape index (κ2) is 8.16. The van der Waals surface area contributed by atoms with Crippen LogP contribution in [0.4, 0.5) is 11.4 Å². The third-order valence-corrected chi connectivity index (χ3v) is 7.06. The van der Waals surface area contributed by atoms with Gasteiger partial charge in [-0.1, -0.05) is 54.9 Å². The van der Waals surface area contributed by atoms with Gasteiger partial charge in [-0.2, -0.15) is 0 Å². The number of aliphatic hydroxyl groups excluding tert-OH is 1. The molecular weight excluding hydrogens is 408 g/mol. The maximum Gasteiger partial charge on any atom is 0.238 e. The fourth-order valence-electron chi connectivity index (χ4n) is 5.36. The number of nitrogens with zero attached hydrogens (tertiary/aromatic N) is 4. The molecule has 5 heteroatoms. The Kier molecular flexibility index (Phi) is 5.29. The van der Waals surface area contributed by atoms with Crippen LogP contribution in [0.25, 0.3) is 21.8 Å². The minimum Gasteiger partial charge on any atom is -0.386 e. The van der Waals surface area contributed by atoms with Gasteiger partial charge in [0, 0.05) is 58.6 Å². The van der Waals surface area contributed by atoms with Gasteiger partial charge in [0.15, 0.2) is 0 Å². The van der Waals surface area contributed by atoms with Crippen molar-refractivity contribution < 1.29 is 9.79 Å². The molecule has 1 aliphatic heterocycles. The highest BCUT2D eigenvalue weighted by Crippen LogP contribution is 2.43. The molecule has 33 heavy (non-hydrogen) atoms. The predicted molar refractivity (Wildman–Crippen MR) is 138 cm³/mol. The van der Waals surface area contributed by atoms with Crippen molar-refractivity contribution in [2.45, 2.75) is 38.8 Å². The number of likely N-dealkylation sites (N-methyl/N-ethyl adjacent to an activating group) is 1.